The number of halogens is 7. The van der Waals surface area contributed by atoms with E-state index in [1.165, 1.54) is 30.3 Å². The fourth-order valence-electron chi connectivity index (χ4n) is 4.94. The molecule has 1 aliphatic heterocycles. The van der Waals surface area contributed by atoms with Gasteiger partial charge in [0.1, 0.15) is 22.1 Å². The van der Waals surface area contributed by atoms with E-state index in [4.69, 9.17) is 51.1 Å². The van der Waals surface area contributed by atoms with Gasteiger partial charge in [-0.15, -0.1) is 23.2 Å². The van der Waals surface area contributed by atoms with Gasteiger partial charge in [-0.2, -0.15) is 0 Å². The molecule has 0 bridgehead atoms. The van der Waals surface area contributed by atoms with Crippen LogP contribution in [0.1, 0.15) is 40.2 Å². The van der Waals surface area contributed by atoms with Crippen LogP contribution in [0.15, 0.2) is 48.5 Å². The van der Waals surface area contributed by atoms with E-state index in [0.717, 1.165) is 18.2 Å². The van der Waals surface area contributed by atoms with Crippen LogP contribution in [0.25, 0.3) is 0 Å². The van der Waals surface area contributed by atoms with Gasteiger partial charge in [-0.25, -0.2) is 13.2 Å². The van der Waals surface area contributed by atoms with Gasteiger partial charge in [0.2, 0.25) is 5.91 Å². The van der Waals surface area contributed by atoms with Gasteiger partial charge in [-0.05, 0) is 60.9 Å². The number of ketones is 1. The molecule has 1 heterocycles. The van der Waals surface area contributed by atoms with Crippen LogP contribution in [-0.2, 0) is 20.7 Å². The Hall–Kier alpha value is -2.82. The van der Waals surface area contributed by atoms with Crippen molar-refractivity contribution in [1.82, 2.24) is 0 Å². The number of alkyl halides is 2. The zero-order valence-electron chi connectivity index (χ0n) is 21.5. The molecule has 3 aromatic rings. The number of hydrogen-bond acceptors (Lipinski definition) is 4. The number of Topliss-reactive ketones (excluding diaryl/α,β-unsaturated/α-hetero) is 1. The first kappa shape index (κ1) is 30.6. The third-order valence-electron chi connectivity index (χ3n) is 7.19. The minimum absolute atomic E-state index is 0.0175. The number of ether oxygens (including phenoxy) is 1. The lowest BCUT2D eigenvalue weighted by Gasteiger charge is -2.14. The van der Waals surface area contributed by atoms with Crippen LogP contribution < -0.4 is 10.6 Å². The van der Waals surface area contributed by atoms with Crippen LogP contribution in [0.3, 0.4) is 0 Å². The largest absolute Gasteiger partial charge is 0.370 e. The second kappa shape index (κ2) is 12.1. The summed E-state index contributed by atoms with van der Waals surface area (Å²) in [5.41, 5.74) is -0.358. The fraction of sp³-hybridized carbons (Fsp3) is 0.276. The van der Waals surface area contributed by atoms with E-state index >= 15 is 4.39 Å². The summed E-state index contributed by atoms with van der Waals surface area (Å²) >= 11 is 24.8. The predicted molar refractivity (Wildman–Crippen MR) is 154 cm³/mol. The van der Waals surface area contributed by atoms with Gasteiger partial charge in [0.15, 0.2) is 11.6 Å². The number of anilines is 2. The highest BCUT2D eigenvalue weighted by molar-refractivity contribution is 6.53. The van der Waals surface area contributed by atoms with E-state index in [2.05, 4.69) is 10.6 Å². The van der Waals surface area contributed by atoms with E-state index < -0.39 is 69.3 Å². The second-order valence-corrected chi connectivity index (χ2v) is 12.2. The summed E-state index contributed by atoms with van der Waals surface area (Å²) in [6.45, 7) is 0.404. The molecule has 220 valence electrons. The molecule has 1 unspecified atom stereocenters. The number of carbonyl (C=O) groups is 3. The quantitative estimate of drug-likeness (QED) is 0.246. The summed E-state index contributed by atoms with van der Waals surface area (Å²) in [4.78, 5) is 38.5. The van der Waals surface area contributed by atoms with Crippen molar-refractivity contribution < 1.29 is 32.3 Å². The monoisotopic (exact) mass is 658 g/mol. The second-order valence-electron chi connectivity index (χ2n) is 9.97. The van der Waals surface area contributed by atoms with Gasteiger partial charge in [-0.3, -0.25) is 14.4 Å². The van der Waals surface area contributed by atoms with E-state index in [9.17, 15) is 23.2 Å². The highest BCUT2D eigenvalue weighted by Crippen LogP contribution is 2.65. The van der Waals surface area contributed by atoms with Crippen LogP contribution in [0, 0.1) is 23.4 Å². The molecular formula is C29H21Cl4F3N2O4. The zero-order chi connectivity index (χ0) is 30.3. The lowest BCUT2D eigenvalue weighted by molar-refractivity contribution is -0.127. The number of nitrogens with one attached hydrogen (secondary N) is 2. The minimum Gasteiger partial charge on any atom is -0.370 e. The molecule has 1 saturated carbocycles. The Morgan fingerprint density at radius 2 is 1.67 bits per heavy atom. The summed E-state index contributed by atoms with van der Waals surface area (Å²) in [5.74, 6) is -6.15. The molecule has 6 nitrogen and oxygen atoms in total. The van der Waals surface area contributed by atoms with Crippen LogP contribution in [0.4, 0.5) is 24.5 Å². The van der Waals surface area contributed by atoms with Crippen molar-refractivity contribution in [3.63, 3.8) is 0 Å². The molecule has 3 aromatic carbocycles. The molecule has 1 aliphatic carbocycles. The Labute approximate surface area is 258 Å². The van der Waals surface area contributed by atoms with Gasteiger partial charge in [0, 0.05) is 30.2 Å². The Balaban J connectivity index is 1.30. The van der Waals surface area contributed by atoms with Gasteiger partial charge in [0.25, 0.3) is 5.91 Å². The molecule has 2 fully saturated rings. The van der Waals surface area contributed by atoms with Gasteiger partial charge in [0.05, 0.1) is 27.2 Å². The van der Waals surface area contributed by atoms with Crippen molar-refractivity contribution >= 4 is 75.4 Å². The average molecular weight is 660 g/mol. The number of hydrogen-bond donors (Lipinski definition) is 2. The molecule has 13 heteroatoms. The minimum atomic E-state index is -1.49. The molecule has 0 aromatic heterocycles. The first-order chi connectivity index (χ1) is 19.9. The standard InChI is InChI=1S/C29H21Cl4F3N2O4/c30-17-5-4-14(37-28(41)25-24(29(25,32)33)13-3-6-20(35)18(31)10-13)11-15(17)27(40)38-21-8-7-19(34)16(26(21)36)12-22(39)23-2-1-9-42-23/h3-8,10-11,23-25H,1-2,9,12H2,(H,37,41)(H,38,40)/t23?,24-,25+/m0/s1. The van der Waals surface area contributed by atoms with Crippen molar-refractivity contribution in [2.45, 2.75) is 35.6 Å². The number of carbonyl (C=O) groups excluding carboxylic acids is 3. The van der Waals surface area contributed by atoms with Gasteiger partial charge in [-0.1, -0.05) is 29.3 Å². The Bertz CT molecular complexity index is 1600. The summed E-state index contributed by atoms with van der Waals surface area (Å²) in [6.07, 6.45) is -0.104. The average Bonchev–Trinajstić information content (AvgIpc) is 3.25. The lowest BCUT2D eigenvalue weighted by Crippen LogP contribution is -2.23. The van der Waals surface area contributed by atoms with E-state index in [1.54, 1.807) is 0 Å². The van der Waals surface area contributed by atoms with Crippen molar-refractivity contribution in [2.24, 2.45) is 5.92 Å². The first-order valence-electron chi connectivity index (χ1n) is 12.7. The SMILES string of the molecule is O=C(Nc1ccc(F)c(CC(=O)C2CCCO2)c1F)c1cc(NC(=O)[C@H]2[C@H](c3ccc(F)c(Cl)c3)C2(Cl)Cl)ccc1Cl. The molecule has 0 spiro atoms. The number of benzene rings is 3. The topological polar surface area (TPSA) is 84.5 Å². The molecule has 3 atom stereocenters. The molecule has 2 N–H and O–H groups in total. The normalized spacial score (nSPS) is 20.7. The van der Waals surface area contributed by atoms with E-state index in [0.29, 0.717) is 25.0 Å². The number of rotatable bonds is 8. The molecule has 42 heavy (non-hydrogen) atoms. The maximum atomic E-state index is 15.2. The number of amides is 2. The summed E-state index contributed by atoms with van der Waals surface area (Å²) < 4.78 is 47.0. The smallest absolute Gasteiger partial charge is 0.257 e. The Morgan fingerprint density at radius 3 is 2.36 bits per heavy atom. The first-order valence-corrected chi connectivity index (χ1v) is 14.3. The molecule has 5 rings (SSSR count). The van der Waals surface area contributed by atoms with Crippen molar-refractivity contribution in [3.05, 3.63) is 92.7 Å². The van der Waals surface area contributed by atoms with Crippen LogP contribution >= 0.6 is 46.4 Å². The third-order valence-corrected chi connectivity index (χ3v) is 8.75. The van der Waals surface area contributed by atoms with Crippen molar-refractivity contribution in [2.75, 3.05) is 17.2 Å². The molecule has 2 aliphatic rings. The highest BCUT2D eigenvalue weighted by Gasteiger charge is 2.67. The molecule has 1 saturated heterocycles. The van der Waals surface area contributed by atoms with Crippen LogP contribution in [-0.4, -0.2) is 34.6 Å². The van der Waals surface area contributed by atoms with Crippen LogP contribution in [0.5, 0.6) is 0 Å². The molecule has 2 amide bonds. The van der Waals surface area contributed by atoms with Crippen molar-refractivity contribution in [1.29, 1.82) is 0 Å². The third kappa shape index (κ3) is 6.12. The Morgan fingerprint density at radius 1 is 0.929 bits per heavy atom. The summed E-state index contributed by atoms with van der Waals surface area (Å²) in [6, 6.07) is 9.93. The summed E-state index contributed by atoms with van der Waals surface area (Å²) in [7, 11) is 0. The van der Waals surface area contributed by atoms with Gasteiger partial charge < -0.3 is 15.4 Å². The summed E-state index contributed by atoms with van der Waals surface area (Å²) in [5, 5.41) is 4.80. The Kier molecular flexibility index (Phi) is 8.79. The van der Waals surface area contributed by atoms with Gasteiger partial charge >= 0.3 is 0 Å². The van der Waals surface area contributed by atoms with E-state index in [-0.39, 0.29) is 27.0 Å². The maximum absolute atomic E-state index is 15.2. The highest BCUT2D eigenvalue weighted by atomic mass is 35.5. The zero-order valence-corrected chi connectivity index (χ0v) is 24.5. The lowest BCUT2D eigenvalue weighted by atomic mass is 10.0. The van der Waals surface area contributed by atoms with E-state index in [1.807, 2.05) is 0 Å². The van der Waals surface area contributed by atoms with Crippen LogP contribution in [0.2, 0.25) is 10.0 Å². The molecule has 0 radical (unpaired) electrons. The fourth-order valence-corrected chi connectivity index (χ4v) is 6.16. The predicted octanol–water partition coefficient (Wildman–Crippen LogP) is 7.48. The van der Waals surface area contributed by atoms with Crippen molar-refractivity contribution in [3.8, 4) is 0 Å². The maximum Gasteiger partial charge on any atom is 0.257 e. The molecular weight excluding hydrogens is 639 g/mol.